The monoisotopic (exact) mass is 579 g/mol. The maximum Gasteiger partial charge on any atom is 0.200 e. The van der Waals surface area contributed by atoms with Gasteiger partial charge < -0.3 is 34.3 Å². The van der Waals surface area contributed by atoms with Crippen molar-refractivity contribution >= 4 is 57.2 Å². The molecule has 0 saturated carbocycles. The fourth-order valence-electron chi connectivity index (χ4n) is 4.79. The highest BCUT2D eigenvalue weighted by Crippen LogP contribution is 2.45. The highest BCUT2D eigenvalue weighted by molar-refractivity contribution is 6.15. The molecule has 11 heteroatoms. The summed E-state index contributed by atoms with van der Waals surface area (Å²) in [6.45, 7) is 4.32. The second-order valence-electron chi connectivity index (χ2n) is 12.1. The third-order valence-corrected chi connectivity index (χ3v) is 6.34. The van der Waals surface area contributed by atoms with Crippen LogP contribution >= 0.6 is 0 Å². The van der Waals surface area contributed by atoms with Crippen LogP contribution in [0.15, 0.2) is 44.2 Å². The minimum absolute atomic E-state index is 0.225. The predicted molar refractivity (Wildman–Crippen MR) is 183 cm³/mol. The first-order valence-electron chi connectivity index (χ1n) is 14.1. The standard InChI is InChI=1S/C31H53N11/c1-21(2)28(36(3)4)32-22-17-18-24(34-30(39(9)10)40(11)12)27-25(35-31(41(13)14)42(15)16)20-19-23(26(22)27)33-29(37(5)6)38(7)8/h17-21H,1-16H3. The molecule has 11 nitrogen and oxygen atoms in total. The third-order valence-electron chi connectivity index (χ3n) is 6.34. The van der Waals surface area contributed by atoms with Crippen LogP contribution in [0.25, 0.3) is 10.8 Å². The van der Waals surface area contributed by atoms with Crippen LogP contribution in [0.3, 0.4) is 0 Å². The number of aliphatic imine (C=N–C) groups is 4. The van der Waals surface area contributed by atoms with Gasteiger partial charge in [-0.05, 0) is 24.3 Å². The molecule has 0 heterocycles. The highest BCUT2D eigenvalue weighted by Gasteiger charge is 2.20. The highest BCUT2D eigenvalue weighted by atomic mass is 15.3. The molecular formula is C31H53N11. The van der Waals surface area contributed by atoms with Crippen molar-refractivity contribution in [2.24, 2.45) is 25.9 Å². The number of guanidine groups is 3. The van der Waals surface area contributed by atoms with Crippen molar-refractivity contribution < 1.29 is 0 Å². The van der Waals surface area contributed by atoms with Crippen LogP contribution in [0, 0.1) is 5.92 Å². The molecular weight excluding hydrogens is 526 g/mol. The molecule has 232 valence electrons. The van der Waals surface area contributed by atoms with Crippen LogP contribution in [-0.4, -0.2) is 157 Å². The van der Waals surface area contributed by atoms with Crippen molar-refractivity contribution in [3.63, 3.8) is 0 Å². The SMILES string of the molecule is CC(C)C(=Nc1ccc(N=C(N(C)C)N(C)C)c2c(N=C(N(C)C)N(C)C)ccc(N=C(N(C)C)N(C)C)c12)N(C)C. The van der Waals surface area contributed by atoms with E-state index in [0.29, 0.717) is 0 Å². The molecule has 0 aliphatic heterocycles. The largest absolute Gasteiger partial charge is 0.366 e. The van der Waals surface area contributed by atoms with Gasteiger partial charge in [-0.1, -0.05) is 13.8 Å². The first kappa shape index (κ1) is 34.2. The van der Waals surface area contributed by atoms with Gasteiger partial charge in [0.2, 0.25) is 17.9 Å². The maximum absolute atomic E-state index is 5.23. The summed E-state index contributed by atoms with van der Waals surface area (Å²) in [5, 5.41) is 1.78. The number of hydrogen-bond acceptors (Lipinski definition) is 4. The number of fused-ring (bicyclic) bond motifs is 1. The predicted octanol–water partition coefficient (Wildman–Crippen LogP) is 4.42. The topological polar surface area (TPSA) is 72.1 Å². The van der Waals surface area contributed by atoms with E-state index in [2.05, 4.69) is 18.7 Å². The molecule has 0 unspecified atom stereocenters. The van der Waals surface area contributed by atoms with Crippen LogP contribution in [0.2, 0.25) is 0 Å². The van der Waals surface area contributed by atoms with Gasteiger partial charge in [0, 0.05) is 115 Å². The Morgan fingerprint density at radius 3 is 0.833 bits per heavy atom. The van der Waals surface area contributed by atoms with E-state index in [0.717, 1.165) is 57.2 Å². The molecule has 2 rings (SSSR count). The lowest BCUT2D eigenvalue weighted by Crippen LogP contribution is -2.35. The third kappa shape index (κ3) is 8.04. The van der Waals surface area contributed by atoms with Gasteiger partial charge in [0.25, 0.3) is 0 Å². The molecule has 0 radical (unpaired) electrons. The summed E-state index contributed by atoms with van der Waals surface area (Å²) in [5.41, 5.74) is 3.20. The Kier molecular flexibility index (Phi) is 11.6. The minimum atomic E-state index is 0.225. The van der Waals surface area contributed by atoms with E-state index in [1.807, 2.05) is 152 Å². The molecule has 2 aromatic rings. The Balaban J connectivity index is 3.34. The molecule has 0 saturated heterocycles. The number of rotatable bonds is 5. The quantitative estimate of drug-likeness (QED) is 0.384. The van der Waals surface area contributed by atoms with Gasteiger partial charge in [0.15, 0.2) is 0 Å². The van der Waals surface area contributed by atoms with Crippen LogP contribution in [-0.2, 0) is 0 Å². The average Bonchev–Trinajstić information content (AvgIpc) is 2.86. The second kappa shape index (κ2) is 14.2. The van der Waals surface area contributed by atoms with Gasteiger partial charge >= 0.3 is 0 Å². The summed E-state index contributed by atoms with van der Waals surface area (Å²) in [6, 6.07) is 8.15. The number of benzene rings is 2. The zero-order valence-electron chi connectivity index (χ0n) is 28.8. The molecule has 0 amide bonds. The Morgan fingerprint density at radius 2 is 0.643 bits per heavy atom. The normalized spacial score (nSPS) is 11.2. The molecule has 0 N–H and O–H groups in total. The van der Waals surface area contributed by atoms with Gasteiger partial charge in [0.05, 0.1) is 22.7 Å². The molecule has 2 aromatic carbocycles. The van der Waals surface area contributed by atoms with Crippen molar-refractivity contribution in [3.05, 3.63) is 24.3 Å². The molecule has 0 fully saturated rings. The fraction of sp³-hybridized carbons (Fsp3) is 0.548. The number of nitrogens with zero attached hydrogens (tertiary/aromatic N) is 11. The van der Waals surface area contributed by atoms with Gasteiger partial charge in [-0.15, -0.1) is 0 Å². The van der Waals surface area contributed by atoms with E-state index >= 15 is 0 Å². The molecule has 0 bridgehead atoms. The number of amidine groups is 1. The summed E-state index contributed by atoms with van der Waals surface area (Å²) in [6.07, 6.45) is 0. The maximum atomic E-state index is 5.23. The Labute approximate surface area is 254 Å². The van der Waals surface area contributed by atoms with Crippen molar-refractivity contribution in [1.29, 1.82) is 0 Å². The second-order valence-corrected chi connectivity index (χ2v) is 12.1. The van der Waals surface area contributed by atoms with E-state index < -0.39 is 0 Å². The van der Waals surface area contributed by atoms with E-state index in [1.54, 1.807) is 0 Å². The van der Waals surface area contributed by atoms with E-state index in [1.165, 1.54) is 0 Å². The van der Waals surface area contributed by atoms with Gasteiger partial charge in [-0.3, -0.25) is 0 Å². The van der Waals surface area contributed by atoms with Gasteiger partial charge in [-0.25, -0.2) is 20.0 Å². The van der Waals surface area contributed by atoms with E-state index in [-0.39, 0.29) is 5.92 Å². The summed E-state index contributed by atoms with van der Waals surface area (Å²) in [4.78, 5) is 34.9. The number of hydrogen-bond donors (Lipinski definition) is 0. The van der Waals surface area contributed by atoms with Crippen molar-refractivity contribution in [2.45, 2.75) is 13.8 Å². The summed E-state index contributed by atoms with van der Waals surface area (Å²) in [5.74, 6) is 3.65. The Hall–Kier alpha value is -4.02. The zero-order valence-corrected chi connectivity index (χ0v) is 28.8. The first-order valence-corrected chi connectivity index (χ1v) is 14.1. The molecule has 0 aliphatic rings. The average molecular weight is 580 g/mol. The lowest BCUT2D eigenvalue weighted by atomic mass is 10.0. The van der Waals surface area contributed by atoms with Crippen molar-refractivity contribution in [2.75, 3.05) is 98.7 Å². The summed E-state index contributed by atoms with van der Waals surface area (Å²) >= 11 is 0. The summed E-state index contributed by atoms with van der Waals surface area (Å²) < 4.78 is 0. The first-order chi connectivity index (χ1) is 19.5. The fourth-order valence-corrected chi connectivity index (χ4v) is 4.79. The lowest BCUT2D eigenvalue weighted by Gasteiger charge is -2.25. The Bertz CT molecular complexity index is 1100. The van der Waals surface area contributed by atoms with Crippen LogP contribution in [0.4, 0.5) is 22.7 Å². The van der Waals surface area contributed by atoms with Gasteiger partial charge in [0.1, 0.15) is 5.84 Å². The van der Waals surface area contributed by atoms with E-state index in [9.17, 15) is 0 Å². The molecule has 42 heavy (non-hydrogen) atoms. The summed E-state index contributed by atoms with van der Waals surface area (Å²) in [7, 11) is 28.0. The molecule has 0 aliphatic carbocycles. The molecule has 0 spiro atoms. The zero-order chi connectivity index (χ0) is 32.0. The van der Waals surface area contributed by atoms with Gasteiger partial charge in [-0.2, -0.15) is 0 Å². The minimum Gasteiger partial charge on any atom is -0.366 e. The van der Waals surface area contributed by atoms with E-state index in [4.69, 9.17) is 20.0 Å². The van der Waals surface area contributed by atoms with Crippen molar-refractivity contribution in [1.82, 2.24) is 34.3 Å². The smallest absolute Gasteiger partial charge is 0.200 e. The van der Waals surface area contributed by atoms with Crippen molar-refractivity contribution in [3.8, 4) is 0 Å². The van der Waals surface area contributed by atoms with Crippen LogP contribution in [0.5, 0.6) is 0 Å². The molecule has 0 atom stereocenters. The molecule has 0 aromatic heterocycles. The Morgan fingerprint density at radius 1 is 0.405 bits per heavy atom. The van der Waals surface area contributed by atoms with Crippen LogP contribution < -0.4 is 0 Å². The lowest BCUT2D eigenvalue weighted by molar-refractivity contribution is 0.484. The van der Waals surface area contributed by atoms with Crippen LogP contribution in [0.1, 0.15) is 13.8 Å².